The third-order valence-corrected chi connectivity index (χ3v) is 5.61. The fourth-order valence-corrected chi connectivity index (χ4v) is 3.65. The van der Waals surface area contributed by atoms with Crippen molar-refractivity contribution in [2.75, 3.05) is 13.2 Å². The van der Waals surface area contributed by atoms with Gasteiger partial charge in [0.1, 0.15) is 6.61 Å². The molecule has 0 aliphatic carbocycles. The SMILES string of the molecule is O[C@@H](COCC(F)(F)C(F)(F)C(F)(F)C(F)(F)C(F)(F)C(F)F)Cn1c2ccccc2c2ccccc21. The van der Waals surface area contributed by atoms with Crippen molar-refractivity contribution in [1.82, 2.24) is 4.57 Å². The first-order chi connectivity index (χ1) is 16.9. The smallest absolute Gasteiger partial charge is 0.384 e. The minimum absolute atomic E-state index is 0.370. The number of hydrogen-bond donors (Lipinski definition) is 1. The number of fused-ring (bicyclic) bond motifs is 3. The fraction of sp³-hybridized carbons (Fsp3) is 0.455. The number of benzene rings is 2. The number of hydrogen-bond acceptors (Lipinski definition) is 2. The standard InChI is InChI=1S/C22H17F12NO2/c23-17(24)19(27,28)21(31,32)22(33,34)20(29,30)18(25,26)11-37-10-12(36)9-35-15-7-3-1-5-13(15)14-6-2-4-8-16(14)35/h1-8,12,17,36H,9-11H2/t12-/m1/s1. The fourth-order valence-electron chi connectivity index (χ4n) is 3.65. The highest BCUT2D eigenvalue weighted by Gasteiger charge is 2.87. The van der Waals surface area contributed by atoms with Crippen molar-refractivity contribution in [2.24, 2.45) is 0 Å². The maximum absolute atomic E-state index is 13.9. The number of ether oxygens (including phenoxy) is 1. The molecule has 1 aromatic heterocycles. The highest BCUT2D eigenvalue weighted by Crippen LogP contribution is 2.58. The first-order valence-corrected chi connectivity index (χ1v) is 10.3. The number of aliphatic hydroxyl groups is 1. The molecule has 3 nitrogen and oxygen atoms in total. The zero-order chi connectivity index (χ0) is 28.0. The molecule has 37 heavy (non-hydrogen) atoms. The van der Waals surface area contributed by atoms with Gasteiger partial charge in [-0.25, -0.2) is 8.78 Å². The number of rotatable bonds is 11. The lowest BCUT2D eigenvalue weighted by atomic mass is 9.94. The monoisotopic (exact) mass is 555 g/mol. The van der Waals surface area contributed by atoms with Crippen LogP contribution in [0.4, 0.5) is 52.7 Å². The van der Waals surface area contributed by atoms with Crippen LogP contribution in [-0.2, 0) is 11.3 Å². The summed E-state index contributed by atoms with van der Waals surface area (Å²) in [6.07, 6.45) is -7.28. The van der Waals surface area contributed by atoms with Crippen LogP contribution in [0.25, 0.3) is 21.8 Å². The molecule has 0 fully saturated rings. The highest BCUT2D eigenvalue weighted by molar-refractivity contribution is 6.07. The van der Waals surface area contributed by atoms with Gasteiger partial charge in [0.2, 0.25) is 0 Å². The first-order valence-electron chi connectivity index (χ1n) is 10.3. The van der Waals surface area contributed by atoms with Gasteiger partial charge in [0, 0.05) is 21.8 Å². The molecule has 0 bridgehead atoms. The predicted molar refractivity (Wildman–Crippen MR) is 107 cm³/mol. The van der Waals surface area contributed by atoms with Crippen molar-refractivity contribution >= 4 is 21.8 Å². The third kappa shape index (κ3) is 4.60. The first kappa shape index (κ1) is 28.9. The van der Waals surface area contributed by atoms with E-state index in [1.54, 1.807) is 48.5 Å². The lowest BCUT2D eigenvalue weighted by Crippen LogP contribution is -2.69. The molecule has 1 N–H and O–H groups in total. The zero-order valence-corrected chi connectivity index (χ0v) is 18.2. The average Bonchev–Trinajstić information content (AvgIpc) is 3.12. The zero-order valence-electron chi connectivity index (χ0n) is 18.2. The molecule has 15 heteroatoms. The Morgan fingerprint density at radius 2 is 1.16 bits per heavy atom. The van der Waals surface area contributed by atoms with E-state index in [2.05, 4.69) is 4.74 Å². The maximum Gasteiger partial charge on any atom is 0.384 e. The number of aliphatic hydroxyl groups excluding tert-OH is 1. The number of aromatic nitrogens is 1. The summed E-state index contributed by atoms with van der Waals surface area (Å²) in [7, 11) is 0. The van der Waals surface area contributed by atoms with E-state index in [0.717, 1.165) is 10.8 Å². The van der Waals surface area contributed by atoms with E-state index >= 15 is 0 Å². The summed E-state index contributed by atoms with van der Waals surface area (Å²) in [5.74, 6) is -35.7. The molecule has 0 radical (unpaired) electrons. The van der Waals surface area contributed by atoms with Crippen LogP contribution in [-0.4, -0.2) is 65.0 Å². The van der Waals surface area contributed by atoms with E-state index in [1.165, 1.54) is 4.57 Å². The van der Waals surface area contributed by atoms with Gasteiger partial charge in [0.05, 0.1) is 19.3 Å². The largest absolute Gasteiger partial charge is 0.389 e. The number of para-hydroxylation sites is 2. The third-order valence-electron chi connectivity index (χ3n) is 5.61. The van der Waals surface area contributed by atoms with Crippen molar-refractivity contribution in [3.05, 3.63) is 48.5 Å². The van der Waals surface area contributed by atoms with E-state index in [0.29, 0.717) is 11.0 Å². The number of nitrogens with zero attached hydrogens (tertiary/aromatic N) is 1. The van der Waals surface area contributed by atoms with Gasteiger partial charge in [0.25, 0.3) is 0 Å². The highest BCUT2D eigenvalue weighted by atomic mass is 19.4. The van der Waals surface area contributed by atoms with Gasteiger partial charge in [0.15, 0.2) is 0 Å². The topological polar surface area (TPSA) is 34.4 Å². The summed E-state index contributed by atoms with van der Waals surface area (Å²) in [5, 5.41) is 11.6. The Morgan fingerprint density at radius 3 is 1.62 bits per heavy atom. The lowest BCUT2D eigenvalue weighted by Gasteiger charge is -2.39. The molecular formula is C22H17F12NO2. The Labute approximate surface area is 200 Å². The molecule has 0 aliphatic heterocycles. The molecule has 0 saturated carbocycles. The molecule has 3 rings (SSSR count). The Hall–Kier alpha value is -2.68. The summed E-state index contributed by atoms with van der Waals surface area (Å²) >= 11 is 0. The maximum atomic E-state index is 13.9. The molecule has 0 spiro atoms. The van der Waals surface area contributed by atoms with E-state index in [9.17, 15) is 57.8 Å². The summed E-state index contributed by atoms with van der Waals surface area (Å²) in [5.41, 5.74) is 1.14. The predicted octanol–water partition coefficient (Wildman–Crippen LogP) is 6.61. The Morgan fingerprint density at radius 1 is 0.703 bits per heavy atom. The van der Waals surface area contributed by atoms with Crippen LogP contribution in [0.15, 0.2) is 48.5 Å². The minimum Gasteiger partial charge on any atom is -0.389 e. The van der Waals surface area contributed by atoms with Crippen LogP contribution in [0, 0.1) is 0 Å². The second kappa shape index (κ2) is 9.57. The molecule has 0 aliphatic rings. The van der Waals surface area contributed by atoms with Gasteiger partial charge in [-0.3, -0.25) is 0 Å². The van der Waals surface area contributed by atoms with Crippen LogP contribution >= 0.6 is 0 Å². The summed E-state index contributed by atoms with van der Waals surface area (Å²) < 4.78 is 165. The van der Waals surface area contributed by atoms with Crippen LogP contribution in [0.3, 0.4) is 0 Å². The number of alkyl halides is 12. The van der Waals surface area contributed by atoms with Crippen molar-refractivity contribution in [2.45, 2.75) is 48.7 Å². The van der Waals surface area contributed by atoms with Crippen LogP contribution in [0.1, 0.15) is 0 Å². The van der Waals surface area contributed by atoms with Gasteiger partial charge in [-0.05, 0) is 12.1 Å². The Balaban J connectivity index is 1.74. The van der Waals surface area contributed by atoms with E-state index in [1.807, 2.05) is 0 Å². The molecule has 206 valence electrons. The van der Waals surface area contributed by atoms with Crippen LogP contribution in [0.5, 0.6) is 0 Å². The molecule has 0 amide bonds. The molecular weight excluding hydrogens is 538 g/mol. The quantitative estimate of drug-likeness (QED) is 0.270. The van der Waals surface area contributed by atoms with Gasteiger partial charge in [-0.2, -0.15) is 43.9 Å². The van der Waals surface area contributed by atoms with E-state index in [4.69, 9.17) is 0 Å². The molecule has 0 unspecified atom stereocenters. The van der Waals surface area contributed by atoms with Crippen LogP contribution in [0.2, 0.25) is 0 Å². The van der Waals surface area contributed by atoms with Gasteiger partial charge in [-0.15, -0.1) is 0 Å². The van der Waals surface area contributed by atoms with Gasteiger partial charge in [-0.1, -0.05) is 36.4 Å². The second-order valence-corrected chi connectivity index (χ2v) is 8.17. The van der Waals surface area contributed by atoms with Crippen molar-refractivity contribution in [3.8, 4) is 0 Å². The van der Waals surface area contributed by atoms with E-state index in [-0.39, 0.29) is 6.54 Å². The average molecular weight is 555 g/mol. The van der Waals surface area contributed by atoms with Crippen LogP contribution < -0.4 is 0 Å². The number of halogens is 12. The summed E-state index contributed by atoms with van der Waals surface area (Å²) in [6.45, 7) is -4.29. The Kier molecular flexibility index (Phi) is 7.47. The molecule has 2 aromatic carbocycles. The molecule has 0 saturated heterocycles. The van der Waals surface area contributed by atoms with Gasteiger partial charge < -0.3 is 14.4 Å². The molecule has 3 aromatic rings. The second-order valence-electron chi connectivity index (χ2n) is 8.17. The Bertz CT molecular complexity index is 1190. The summed E-state index contributed by atoms with van der Waals surface area (Å²) in [4.78, 5) is 0. The van der Waals surface area contributed by atoms with Crippen molar-refractivity contribution in [3.63, 3.8) is 0 Å². The lowest BCUT2D eigenvalue weighted by molar-refractivity contribution is -0.415. The molecule has 1 heterocycles. The van der Waals surface area contributed by atoms with E-state index < -0.39 is 55.4 Å². The van der Waals surface area contributed by atoms with Crippen molar-refractivity contribution in [1.29, 1.82) is 0 Å². The normalized spacial score (nSPS) is 15.2. The van der Waals surface area contributed by atoms with Gasteiger partial charge >= 0.3 is 36.0 Å². The summed E-state index contributed by atoms with van der Waals surface area (Å²) in [6, 6.07) is 13.5. The molecule has 1 atom stereocenters. The minimum atomic E-state index is -7.62. The van der Waals surface area contributed by atoms with Crippen molar-refractivity contribution < 1.29 is 62.5 Å².